The monoisotopic (exact) mass is 383 g/mol. The van der Waals surface area contributed by atoms with Crippen molar-refractivity contribution >= 4 is 59.6 Å². The number of nitrogens with zero attached hydrogens (tertiary/aromatic N) is 1. The molecule has 21 heavy (non-hydrogen) atoms. The number of thiocarbonyl (C=S) groups is 1. The Balaban J connectivity index is 1.83. The lowest BCUT2D eigenvalue weighted by Crippen LogP contribution is -2.34. The van der Waals surface area contributed by atoms with Gasteiger partial charge in [0.25, 0.3) is 0 Å². The predicted molar refractivity (Wildman–Crippen MR) is 108 cm³/mol. The highest BCUT2D eigenvalue weighted by atomic mass is 33.1. The minimum atomic E-state index is 0.837. The van der Waals surface area contributed by atoms with E-state index in [-0.39, 0.29) is 0 Å². The van der Waals surface area contributed by atoms with Crippen LogP contribution in [0.15, 0.2) is 11.6 Å². The lowest BCUT2D eigenvalue weighted by atomic mass is 10.2. The average Bonchev–Trinajstić information content (AvgIpc) is 2.49. The van der Waals surface area contributed by atoms with E-state index >= 15 is 0 Å². The minimum Gasteiger partial charge on any atom is -0.378 e. The third-order valence-corrected chi connectivity index (χ3v) is 8.33. The molecule has 0 bridgehead atoms. The molecule has 1 heterocycles. The van der Waals surface area contributed by atoms with E-state index in [0.717, 1.165) is 30.5 Å². The molecule has 0 aromatic heterocycles. The zero-order chi connectivity index (χ0) is 15.3. The van der Waals surface area contributed by atoms with Gasteiger partial charge in [0.1, 0.15) is 0 Å². The van der Waals surface area contributed by atoms with Crippen molar-refractivity contribution in [2.75, 3.05) is 37.8 Å². The van der Waals surface area contributed by atoms with Gasteiger partial charge in [-0.15, -0.1) is 0 Å². The van der Waals surface area contributed by atoms with E-state index in [9.17, 15) is 0 Å². The van der Waals surface area contributed by atoms with Crippen LogP contribution in [0.4, 0.5) is 0 Å². The molecule has 0 atom stereocenters. The largest absolute Gasteiger partial charge is 0.378 e. The zero-order valence-corrected chi connectivity index (χ0v) is 16.8. The molecule has 1 rings (SSSR count). The number of unbranched alkanes of at least 4 members (excludes halogenated alkanes) is 3. The normalized spacial score (nSPS) is 15.2. The Morgan fingerprint density at radius 1 is 1.05 bits per heavy atom. The SMILES string of the molecule is C=C(SSCCCCCCSSC(C)=S)N1CCOCC1. The zero-order valence-electron chi connectivity index (χ0n) is 12.7. The molecule has 1 fully saturated rings. The van der Waals surface area contributed by atoms with Crippen LogP contribution in [0, 0.1) is 0 Å². The van der Waals surface area contributed by atoms with E-state index < -0.39 is 0 Å². The van der Waals surface area contributed by atoms with Crippen LogP contribution in [0.3, 0.4) is 0 Å². The van der Waals surface area contributed by atoms with Gasteiger partial charge in [0.05, 0.1) is 22.4 Å². The maximum absolute atomic E-state index is 5.35. The van der Waals surface area contributed by atoms with Crippen LogP contribution in [-0.4, -0.2) is 46.9 Å². The first-order valence-electron chi connectivity index (χ1n) is 7.31. The van der Waals surface area contributed by atoms with Gasteiger partial charge in [0.2, 0.25) is 0 Å². The topological polar surface area (TPSA) is 12.5 Å². The van der Waals surface area contributed by atoms with Gasteiger partial charge in [0, 0.05) is 24.6 Å². The van der Waals surface area contributed by atoms with E-state index in [1.165, 1.54) is 42.2 Å². The molecule has 0 saturated carbocycles. The smallest absolute Gasteiger partial charge is 0.0744 e. The van der Waals surface area contributed by atoms with Gasteiger partial charge in [-0.2, -0.15) is 0 Å². The number of morpholine rings is 1. The lowest BCUT2D eigenvalue weighted by molar-refractivity contribution is 0.0579. The van der Waals surface area contributed by atoms with E-state index in [4.69, 9.17) is 17.0 Å². The highest BCUT2D eigenvalue weighted by Crippen LogP contribution is 2.32. The van der Waals surface area contributed by atoms with Gasteiger partial charge in [0.15, 0.2) is 0 Å². The van der Waals surface area contributed by atoms with Crippen molar-refractivity contribution in [3.63, 3.8) is 0 Å². The first kappa shape index (κ1) is 20.0. The van der Waals surface area contributed by atoms with Crippen LogP contribution in [-0.2, 0) is 4.74 Å². The van der Waals surface area contributed by atoms with Crippen LogP contribution in [0.5, 0.6) is 0 Å². The summed E-state index contributed by atoms with van der Waals surface area (Å²) in [6.45, 7) is 9.80. The molecule has 0 amide bonds. The fourth-order valence-corrected chi connectivity index (χ4v) is 6.04. The van der Waals surface area contributed by atoms with Gasteiger partial charge in [-0.1, -0.05) is 64.0 Å². The second-order valence-corrected chi connectivity index (χ2v) is 10.7. The molecule has 0 aliphatic carbocycles. The summed E-state index contributed by atoms with van der Waals surface area (Å²) < 4.78 is 6.39. The molecule has 2 nitrogen and oxygen atoms in total. The van der Waals surface area contributed by atoms with Crippen molar-refractivity contribution in [1.29, 1.82) is 0 Å². The third-order valence-electron chi connectivity index (χ3n) is 2.90. The Morgan fingerprint density at radius 3 is 2.19 bits per heavy atom. The molecule has 0 radical (unpaired) electrons. The molecule has 0 N–H and O–H groups in total. The van der Waals surface area contributed by atoms with Crippen molar-refractivity contribution in [3.05, 3.63) is 11.6 Å². The van der Waals surface area contributed by atoms with Crippen molar-refractivity contribution in [3.8, 4) is 0 Å². The number of hydrogen-bond acceptors (Lipinski definition) is 7. The molecular weight excluding hydrogens is 358 g/mol. The van der Waals surface area contributed by atoms with Crippen molar-refractivity contribution in [1.82, 2.24) is 4.90 Å². The Kier molecular flexibility index (Phi) is 12.8. The lowest BCUT2D eigenvalue weighted by Gasteiger charge is -2.29. The second kappa shape index (κ2) is 13.4. The van der Waals surface area contributed by atoms with Crippen molar-refractivity contribution < 1.29 is 4.74 Å². The summed E-state index contributed by atoms with van der Waals surface area (Å²) in [5, 5.41) is 1.19. The number of hydrogen-bond donors (Lipinski definition) is 0. The summed E-state index contributed by atoms with van der Waals surface area (Å²) in [6, 6.07) is 0. The first-order chi connectivity index (χ1) is 10.2. The van der Waals surface area contributed by atoms with Crippen LogP contribution < -0.4 is 0 Å². The van der Waals surface area contributed by atoms with E-state index in [0.29, 0.717) is 0 Å². The van der Waals surface area contributed by atoms with Gasteiger partial charge in [-0.25, -0.2) is 0 Å². The van der Waals surface area contributed by atoms with Crippen LogP contribution in [0.2, 0.25) is 0 Å². The molecular formula is C14H25NOS5. The standard InChI is InChI=1S/C14H25NOS5/c1-13(15-7-9-16-10-8-15)20-18-11-5-3-4-6-12-19-21-14(2)17/h1,3-12H2,2H3. The van der Waals surface area contributed by atoms with Crippen LogP contribution >= 0.6 is 55.4 Å². The highest BCUT2D eigenvalue weighted by molar-refractivity contribution is 8.83. The summed E-state index contributed by atoms with van der Waals surface area (Å²) >= 11 is 5.03. The summed E-state index contributed by atoms with van der Waals surface area (Å²) in [7, 11) is 7.39. The Labute approximate surface area is 150 Å². The van der Waals surface area contributed by atoms with Gasteiger partial charge < -0.3 is 9.64 Å². The average molecular weight is 384 g/mol. The maximum atomic E-state index is 5.35. The predicted octanol–water partition coefficient (Wildman–Crippen LogP) is 5.46. The van der Waals surface area contributed by atoms with Gasteiger partial charge >= 0.3 is 0 Å². The molecule has 1 aliphatic heterocycles. The summed E-state index contributed by atoms with van der Waals surface area (Å²) in [6.07, 6.45) is 5.27. The maximum Gasteiger partial charge on any atom is 0.0744 e. The van der Waals surface area contributed by atoms with E-state index in [1.54, 1.807) is 10.8 Å². The first-order valence-corrected chi connectivity index (χ1v) is 12.4. The van der Waals surface area contributed by atoms with E-state index in [1.807, 2.05) is 39.3 Å². The summed E-state index contributed by atoms with van der Waals surface area (Å²) in [4.78, 5) is 2.33. The van der Waals surface area contributed by atoms with Crippen LogP contribution in [0.1, 0.15) is 32.6 Å². The second-order valence-electron chi connectivity index (χ2n) is 4.71. The summed E-state index contributed by atoms with van der Waals surface area (Å²) in [5.41, 5.74) is 0. The van der Waals surface area contributed by atoms with E-state index in [2.05, 4.69) is 11.5 Å². The molecule has 0 unspecified atom stereocenters. The Bertz CT molecular complexity index is 308. The Morgan fingerprint density at radius 2 is 1.62 bits per heavy atom. The molecule has 0 spiro atoms. The van der Waals surface area contributed by atoms with Gasteiger partial charge in [-0.05, 0) is 30.6 Å². The molecule has 1 saturated heterocycles. The molecule has 1 aliphatic rings. The quantitative estimate of drug-likeness (QED) is 0.263. The highest BCUT2D eigenvalue weighted by Gasteiger charge is 2.12. The van der Waals surface area contributed by atoms with Gasteiger partial charge in [-0.3, -0.25) is 0 Å². The Hall–Kier alpha value is 0.990. The third kappa shape index (κ3) is 11.2. The van der Waals surface area contributed by atoms with Crippen molar-refractivity contribution in [2.45, 2.75) is 32.6 Å². The molecule has 122 valence electrons. The number of ether oxygens (including phenoxy) is 1. The molecule has 7 heteroatoms. The van der Waals surface area contributed by atoms with Crippen LogP contribution in [0.25, 0.3) is 0 Å². The molecule has 0 aromatic rings. The fraction of sp³-hybridized carbons (Fsp3) is 0.786. The number of rotatable bonds is 11. The summed E-state index contributed by atoms with van der Waals surface area (Å²) in [5.74, 6) is 2.43. The molecule has 0 aromatic carbocycles. The fourth-order valence-electron chi connectivity index (χ4n) is 1.78. The van der Waals surface area contributed by atoms with Crippen molar-refractivity contribution in [2.24, 2.45) is 0 Å². The minimum absolute atomic E-state index is 0.837.